The molecule has 2 heterocycles. The molecule has 0 aromatic heterocycles. The summed E-state index contributed by atoms with van der Waals surface area (Å²) in [6, 6.07) is 15.2. The van der Waals surface area contributed by atoms with Crippen molar-refractivity contribution in [3.05, 3.63) is 64.7 Å². The first-order chi connectivity index (χ1) is 11.1. The predicted octanol–water partition coefficient (Wildman–Crippen LogP) is 3.46. The van der Waals surface area contributed by atoms with Gasteiger partial charge in [-0.15, -0.1) is 0 Å². The van der Waals surface area contributed by atoms with E-state index >= 15 is 0 Å². The molecule has 23 heavy (non-hydrogen) atoms. The molecule has 0 radical (unpaired) electrons. The summed E-state index contributed by atoms with van der Waals surface area (Å²) in [6.45, 7) is 2.42. The van der Waals surface area contributed by atoms with Gasteiger partial charge in [0.05, 0.1) is 0 Å². The van der Waals surface area contributed by atoms with Crippen molar-refractivity contribution in [3.63, 3.8) is 0 Å². The average molecular weight is 332 g/mol. The lowest BCUT2D eigenvalue weighted by Crippen LogP contribution is -2.56. The summed E-state index contributed by atoms with van der Waals surface area (Å²) in [5, 5.41) is 15.6. The first-order valence-corrected chi connectivity index (χ1v) is 8.09. The molecule has 120 valence electrons. The maximum absolute atomic E-state index is 11.6. The Hall–Kier alpha value is -1.59. The standard InChI is InChI=1S/C18H18ClNO3/c1-11-22-17(23-11)18(21,12-5-3-2-4-6-12)15-10-20-16-9-13(19)7-8-14(15)16/h2-9,11,15,17,20-21H,10H2,1H3. The monoisotopic (exact) mass is 331 g/mol. The molecule has 2 aromatic rings. The summed E-state index contributed by atoms with van der Waals surface area (Å²) in [5.74, 6) is -0.185. The molecule has 2 N–H and O–H groups in total. The van der Waals surface area contributed by atoms with E-state index in [9.17, 15) is 5.11 Å². The van der Waals surface area contributed by atoms with Crippen LogP contribution in [0.2, 0.25) is 5.02 Å². The number of rotatable bonds is 3. The van der Waals surface area contributed by atoms with E-state index in [0.717, 1.165) is 16.8 Å². The van der Waals surface area contributed by atoms with E-state index < -0.39 is 11.9 Å². The summed E-state index contributed by atoms with van der Waals surface area (Å²) in [5.41, 5.74) is 1.49. The van der Waals surface area contributed by atoms with E-state index in [1.807, 2.05) is 55.5 Å². The van der Waals surface area contributed by atoms with Gasteiger partial charge in [-0.1, -0.05) is 48.0 Å². The topological polar surface area (TPSA) is 50.7 Å². The maximum atomic E-state index is 11.6. The molecule has 0 bridgehead atoms. The fourth-order valence-electron chi connectivity index (χ4n) is 3.47. The third kappa shape index (κ3) is 2.34. The fourth-order valence-corrected chi connectivity index (χ4v) is 3.64. The lowest BCUT2D eigenvalue weighted by Gasteiger charge is -2.47. The highest BCUT2D eigenvalue weighted by Gasteiger charge is 2.54. The van der Waals surface area contributed by atoms with Gasteiger partial charge < -0.3 is 19.9 Å². The molecule has 2 aliphatic heterocycles. The van der Waals surface area contributed by atoms with Gasteiger partial charge in [0.15, 0.2) is 12.6 Å². The largest absolute Gasteiger partial charge is 0.384 e. The summed E-state index contributed by atoms with van der Waals surface area (Å²) in [6.07, 6.45) is -0.984. The van der Waals surface area contributed by atoms with Crippen LogP contribution in [0.15, 0.2) is 48.5 Å². The van der Waals surface area contributed by atoms with Crippen LogP contribution < -0.4 is 5.32 Å². The van der Waals surface area contributed by atoms with Crippen LogP contribution in [0.3, 0.4) is 0 Å². The fraction of sp³-hybridized carbons (Fsp3) is 0.333. The van der Waals surface area contributed by atoms with Crippen LogP contribution in [0.25, 0.3) is 0 Å². The van der Waals surface area contributed by atoms with Crippen molar-refractivity contribution in [1.82, 2.24) is 0 Å². The molecule has 0 amide bonds. The molecule has 5 heteroatoms. The first kappa shape index (κ1) is 15.0. The van der Waals surface area contributed by atoms with E-state index in [1.54, 1.807) is 0 Å². The van der Waals surface area contributed by atoms with Crippen LogP contribution in [0.4, 0.5) is 5.69 Å². The molecule has 1 fully saturated rings. The molecule has 4 nitrogen and oxygen atoms in total. The minimum atomic E-state index is -1.26. The van der Waals surface area contributed by atoms with Crippen LogP contribution in [0, 0.1) is 0 Å². The molecule has 1 saturated heterocycles. The summed E-state index contributed by atoms with van der Waals surface area (Å²) >= 11 is 6.07. The second-order valence-electron chi connectivity index (χ2n) is 6.03. The Morgan fingerprint density at radius 2 is 1.91 bits per heavy atom. The van der Waals surface area contributed by atoms with Crippen LogP contribution in [-0.2, 0) is 15.1 Å². The predicted molar refractivity (Wildman–Crippen MR) is 88.4 cm³/mol. The second kappa shape index (κ2) is 5.49. The van der Waals surface area contributed by atoms with Crippen molar-refractivity contribution in [3.8, 4) is 0 Å². The molecule has 2 aromatic carbocycles. The van der Waals surface area contributed by atoms with Gasteiger partial charge in [0.2, 0.25) is 0 Å². The van der Waals surface area contributed by atoms with E-state index in [1.165, 1.54) is 0 Å². The Bertz CT molecular complexity index is 717. The van der Waals surface area contributed by atoms with Gasteiger partial charge in [-0.3, -0.25) is 0 Å². The zero-order valence-corrected chi connectivity index (χ0v) is 13.5. The molecule has 0 aliphatic carbocycles. The molecule has 2 unspecified atom stereocenters. The third-order valence-corrected chi connectivity index (χ3v) is 4.88. The molecule has 0 spiro atoms. The van der Waals surface area contributed by atoms with Crippen molar-refractivity contribution in [1.29, 1.82) is 0 Å². The van der Waals surface area contributed by atoms with Crippen molar-refractivity contribution in [2.45, 2.75) is 31.0 Å². The van der Waals surface area contributed by atoms with Crippen LogP contribution in [0.5, 0.6) is 0 Å². The van der Waals surface area contributed by atoms with Crippen LogP contribution in [-0.4, -0.2) is 24.2 Å². The molecule has 0 saturated carbocycles. The minimum absolute atomic E-state index is 0.185. The van der Waals surface area contributed by atoms with E-state index in [2.05, 4.69) is 5.32 Å². The number of anilines is 1. The normalized spacial score (nSPS) is 28.4. The van der Waals surface area contributed by atoms with Gasteiger partial charge in [0.1, 0.15) is 5.60 Å². The van der Waals surface area contributed by atoms with Crippen molar-refractivity contribution < 1.29 is 14.6 Å². The molecule has 4 rings (SSSR count). The lowest BCUT2D eigenvalue weighted by molar-refractivity contribution is -0.426. The Morgan fingerprint density at radius 1 is 1.17 bits per heavy atom. The number of benzene rings is 2. The number of hydrogen-bond donors (Lipinski definition) is 2. The lowest BCUT2D eigenvalue weighted by atomic mass is 9.77. The van der Waals surface area contributed by atoms with E-state index in [0.29, 0.717) is 11.6 Å². The van der Waals surface area contributed by atoms with Gasteiger partial charge in [-0.25, -0.2) is 0 Å². The highest BCUT2D eigenvalue weighted by molar-refractivity contribution is 6.30. The number of fused-ring (bicyclic) bond motifs is 1. The number of nitrogens with one attached hydrogen (secondary N) is 1. The van der Waals surface area contributed by atoms with E-state index in [4.69, 9.17) is 21.1 Å². The first-order valence-electron chi connectivity index (χ1n) is 7.71. The molecular formula is C18H18ClNO3. The van der Waals surface area contributed by atoms with Gasteiger partial charge in [0.25, 0.3) is 0 Å². The van der Waals surface area contributed by atoms with Gasteiger partial charge in [-0.2, -0.15) is 0 Å². The Labute approximate surface area is 140 Å². The minimum Gasteiger partial charge on any atom is -0.384 e. The number of hydrogen-bond acceptors (Lipinski definition) is 4. The molecule has 2 aliphatic rings. The zero-order valence-electron chi connectivity index (χ0n) is 12.7. The van der Waals surface area contributed by atoms with Crippen molar-refractivity contribution >= 4 is 17.3 Å². The van der Waals surface area contributed by atoms with Gasteiger partial charge in [0, 0.05) is 23.2 Å². The van der Waals surface area contributed by atoms with Crippen LogP contribution in [0.1, 0.15) is 24.0 Å². The maximum Gasteiger partial charge on any atom is 0.197 e. The summed E-state index contributed by atoms with van der Waals surface area (Å²) < 4.78 is 11.4. The summed E-state index contributed by atoms with van der Waals surface area (Å²) in [4.78, 5) is 0. The Kier molecular flexibility index (Phi) is 3.58. The second-order valence-corrected chi connectivity index (χ2v) is 6.46. The smallest absolute Gasteiger partial charge is 0.197 e. The van der Waals surface area contributed by atoms with Gasteiger partial charge in [-0.05, 0) is 30.2 Å². The summed E-state index contributed by atoms with van der Waals surface area (Å²) in [7, 11) is 0. The zero-order chi connectivity index (χ0) is 16.0. The van der Waals surface area contributed by atoms with Gasteiger partial charge >= 0.3 is 0 Å². The Balaban J connectivity index is 1.79. The molecular weight excluding hydrogens is 314 g/mol. The highest BCUT2D eigenvalue weighted by atomic mass is 35.5. The average Bonchev–Trinajstić information content (AvgIpc) is 2.95. The van der Waals surface area contributed by atoms with Crippen molar-refractivity contribution in [2.75, 3.05) is 11.9 Å². The SMILES string of the molecule is CC1OC(C(O)(c2ccccc2)C2CNc3cc(Cl)ccc32)O1. The highest BCUT2D eigenvalue weighted by Crippen LogP contribution is 2.49. The third-order valence-electron chi connectivity index (χ3n) is 4.64. The molecule has 2 atom stereocenters. The number of ether oxygens (including phenoxy) is 2. The Morgan fingerprint density at radius 3 is 2.61 bits per heavy atom. The number of halogens is 1. The quantitative estimate of drug-likeness (QED) is 0.904. The van der Waals surface area contributed by atoms with E-state index in [-0.39, 0.29) is 12.2 Å². The van der Waals surface area contributed by atoms with Crippen molar-refractivity contribution in [2.24, 2.45) is 0 Å². The van der Waals surface area contributed by atoms with Crippen LogP contribution >= 0.6 is 11.6 Å². The number of aliphatic hydroxyl groups is 1.